The van der Waals surface area contributed by atoms with Crippen LogP contribution in [-0.2, 0) is 9.53 Å². The van der Waals surface area contributed by atoms with Crippen LogP contribution in [0.1, 0.15) is 10.4 Å². The number of aromatic nitrogens is 1. The number of anilines is 1. The summed E-state index contributed by atoms with van der Waals surface area (Å²) in [6, 6.07) is 9.70. The van der Waals surface area contributed by atoms with Crippen LogP contribution in [0.5, 0.6) is 11.5 Å². The van der Waals surface area contributed by atoms with Crippen molar-refractivity contribution in [1.29, 1.82) is 0 Å². The van der Waals surface area contributed by atoms with Crippen LogP contribution < -0.4 is 20.2 Å². The van der Waals surface area contributed by atoms with Gasteiger partial charge in [0, 0.05) is 22.2 Å². The standard InChI is InChI=1S/C21H19ClN2O6S/c1-28-15-7-5-12(9-16(15)29-2)23-17(25)10-31-20-18(21(27)30-3)19(26)13-8-11(22)4-6-14(13)24-20/h4-9H,10H2,1-3H3,(H,23,25)(H,24,26). The molecule has 0 bridgehead atoms. The molecule has 0 aliphatic heterocycles. The molecule has 0 saturated heterocycles. The first kappa shape index (κ1) is 22.5. The molecule has 31 heavy (non-hydrogen) atoms. The van der Waals surface area contributed by atoms with Gasteiger partial charge in [-0.2, -0.15) is 0 Å². The molecule has 1 heterocycles. The van der Waals surface area contributed by atoms with Gasteiger partial charge < -0.3 is 24.5 Å². The van der Waals surface area contributed by atoms with E-state index in [1.165, 1.54) is 27.4 Å². The molecule has 10 heteroatoms. The summed E-state index contributed by atoms with van der Waals surface area (Å²) in [5, 5.41) is 3.59. The molecule has 0 atom stereocenters. The number of carbonyl (C=O) groups excluding carboxylic acids is 2. The predicted octanol–water partition coefficient (Wildman–Crippen LogP) is 3.72. The molecular formula is C21H19ClN2O6S. The van der Waals surface area contributed by atoms with Crippen molar-refractivity contribution in [2.45, 2.75) is 5.03 Å². The molecule has 0 fully saturated rings. The monoisotopic (exact) mass is 462 g/mol. The van der Waals surface area contributed by atoms with Gasteiger partial charge in [0.15, 0.2) is 11.5 Å². The highest BCUT2D eigenvalue weighted by Crippen LogP contribution is 2.30. The molecule has 2 N–H and O–H groups in total. The van der Waals surface area contributed by atoms with Gasteiger partial charge in [-0.25, -0.2) is 4.79 Å². The SMILES string of the molecule is COC(=O)c1c(SCC(=O)Nc2ccc(OC)c(OC)c2)[nH]c2ccc(Cl)cc2c1=O. The number of benzene rings is 2. The summed E-state index contributed by atoms with van der Waals surface area (Å²) >= 11 is 6.98. The van der Waals surface area contributed by atoms with Gasteiger partial charge in [-0.3, -0.25) is 9.59 Å². The molecule has 1 amide bonds. The number of carbonyl (C=O) groups is 2. The zero-order valence-electron chi connectivity index (χ0n) is 16.9. The van der Waals surface area contributed by atoms with Gasteiger partial charge in [-0.15, -0.1) is 0 Å². The van der Waals surface area contributed by atoms with E-state index in [1.54, 1.807) is 30.3 Å². The Kier molecular flexibility index (Phi) is 7.09. The van der Waals surface area contributed by atoms with Crippen molar-refractivity contribution in [1.82, 2.24) is 4.98 Å². The Balaban J connectivity index is 1.84. The van der Waals surface area contributed by atoms with Crippen molar-refractivity contribution >= 4 is 51.8 Å². The highest BCUT2D eigenvalue weighted by Gasteiger charge is 2.21. The molecule has 0 saturated carbocycles. The highest BCUT2D eigenvalue weighted by molar-refractivity contribution is 8.00. The molecule has 2 aromatic carbocycles. The summed E-state index contributed by atoms with van der Waals surface area (Å²) in [5.74, 6) is -0.200. The minimum Gasteiger partial charge on any atom is -0.493 e. The molecule has 162 valence electrons. The second-order valence-corrected chi connectivity index (χ2v) is 7.67. The van der Waals surface area contributed by atoms with Crippen molar-refractivity contribution < 1.29 is 23.8 Å². The Labute approximate surface area is 186 Å². The first-order chi connectivity index (χ1) is 14.9. The normalized spacial score (nSPS) is 10.6. The number of esters is 1. The first-order valence-corrected chi connectivity index (χ1v) is 10.3. The van der Waals surface area contributed by atoms with E-state index >= 15 is 0 Å². The number of fused-ring (bicyclic) bond motifs is 1. The third-order valence-corrected chi connectivity index (χ3v) is 5.57. The number of rotatable bonds is 7. The van der Waals surface area contributed by atoms with E-state index in [4.69, 9.17) is 25.8 Å². The number of hydrogen-bond acceptors (Lipinski definition) is 7. The predicted molar refractivity (Wildman–Crippen MR) is 120 cm³/mol. The van der Waals surface area contributed by atoms with Gasteiger partial charge in [0.25, 0.3) is 0 Å². The molecule has 0 unspecified atom stereocenters. The van der Waals surface area contributed by atoms with Crippen molar-refractivity contribution in [3.63, 3.8) is 0 Å². The number of ether oxygens (including phenoxy) is 3. The largest absolute Gasteiger partial charge is 0.493 e. The van der Waals surface area contributed by atoms with Crippen molar-refractivity contribution in [2.75, 3.05) is 32.4 Å². The Morgan fingerprint density at radius 3 is 2.48 bits per heavy atom. The maximum atomic E-state index is 12.8. The zero-order valence-corrected chi connectivity index (χ0v) is 18.5. The summed E-state index contributed by atoms with van der Waals surface area (Å²) in [7, 11) is 4.20. The number of thioether (sulfide) groups is 1. The second-order valence-electron chi connectivity index (χ2n) is 6.25. The molecule has 8 nitrogen and oxygen atoms in total. The van der Waals surface area contributed by atoms with E-state index in [1.807, 2.05) is 0 Å². The van der Waals surface area contributed by atoms with Crippen LogP contribution in [0.25, 0.3) is 10.9 Å². The van der Waals surface area contributed by atoms with E-state index in [9.17, 15) is 14.4 Å². The van der Waals surface area contributed by atoms with Gasteiger partial charge in [0.2, 0.25) is 11.3 Å². The number of pyridine rings is 1. The van der Waals surface area contributed by atoms with Crippen LogP contribution in [0.3, 0.4) is 0 Å². The van der Waals surface area contributed by atoms with Gasteiger partial charge in [0.05, 0.1) is 37.6 Å². The fraction of sp³-hybridized carbons (Fsp3) is 0.190. The number of H-pyrrole nitrogens is 1. The lowest BCUT2D eigenvalue weighted by molar-refractivity contribution is -0.113. The maximum Gasteiger partial charge on any atom is 0.344 e. The first-order valence-electron chi connectivity index (χ1n) is 8.96. The average molecular weight is 463 g/mol. The van der Waals surface area contributed by atoms with Gasteiger partial charge in [0.1, 0.15) is 5.56 Å². The summed E-state index contributed by atoms with van der Waals surface area (Å²) in [6.45, 7) is 0. The minimum atomic E-state index is -0.800. The average Bonchev–Trinajstić information content (AvgIpc) is 2.77. The van der Waals surface area contributed by atoms with Gasteiger partial charge >= 0.3 is 5.97 Å². The smallest absolute Gasteiger partial charge is 0.344 e. The fourth-order valence-electron chi connectivity index (χ4n) is 2.88. The molecule has 0 aliphatic carbocycles. The Hall–Kier alpha value is -3.17. The highest BCUT2D eigenvalue weighted by atomic mass is 35.5. The van der Waals surface area contributed by atoms with Crippen molar-refractivity contribution in [3.8, 4) is 11.5 Å². The van der Waals surface area contributed by atoms with Crippen molar-refractivity contribution in [3.05, 3.63) is 57.2 Å². The number of nitrogens with one attached hydrogen (secondary N) is 2. The van der Waals surface area contributed by atoms with Crippen LogP contribution in [0.2, 0.25) is 5.02 Å². The number of halogens is 1. The summed E-state index contributed by atoms with van der Waals surface area (Å²) in [5.41, 5.74) is 0.301. The number of amides is 1. The third kappa shape index (κ3) is 4.95. The summed E-state index contributed by atoms with van der Waals surface area (Å²) in [4.78, 5) is 40.6. The molecule has 3 rings (SSSR count). The molecular weight excluding hydrogens is 444 g/mol. The topological polar surface area (TPSA) is 107 Å². The van der Waals surface area contributed by atoms with Crippen LogP contribution in [0.15, 0.2) is 46.2 Å². The Bertz CT molecular complexity index is 1210. The van der Waals surface area contributed by atoms with E-state index in [0.717, 1.165) is 11.8 Å². The second kappa shape index (κ2) is 9.76. The number of methoxy groups -OCH3 is 3. The Morgan fingerprint density at radius 1 is 1.06 bits per heavy atom. The van der Waals surface area contributed by atoms with E-state index in [0.29, 0.717) is 27.7 Å². The third-order valence-electron chi connectivity index (χ3n) is 4.33. The molecule has 0 radical (unpaired) electrons. The molecule has 0 spiro atoms. The van der Waals surface area contributed by atoms with Crippen LogP contribution in [0.4, 0.5) is 5.69 Å². The Morgan fingerprint density at radius 2 is 1.81 bits per heavy atom. The minimum absolute atomic E-state index is 0.0621. The number of hydrogen-bond donors (Lipinski definition) is 2. The maximum absolute atomic E-state index is 12.8. The lowest BCUT2D eigenvalue weighted by Gasteiger charge is -2.12. The summed E-state index contributed by atoms with van der Waals surface area (Å²) in [6.07, 6.45) is 0. The fourth-order valence-corrected chi connectivity index (χ4v) is 3.90. The van der Waals surface area contributed by atoms with Crippen LogP contribution in [0, 0.1) is 0 Å². The zero-order chi connectivity index (χ0) is 22.5. The molecule has 3 aromatic rings. The quantitative estimate of drug-likeness (QED) is 0.407. The van der Waals surface area contributed by atoms with E-state index in [-0.39, 0.29) is 27.6 Å². The lowest BCUT2D eigenvalue weighted by Crippen LogP contribution is -2.20. The molecule has 1 aromatic heterocycles. The van der Waals surface area contributed by atoms with Crippen molar-refractivity contribution in [2.24, 2.45) is 0 Å². The van der Waals surface area contributed by atoms with E-state index < -0.39 is 11.4 Å². The van der Waals surface area contributed by atoms with Gasteiger partial charge in [-0.05, 0) is 30.3 Å². The van der Waals surface area contributed by atoms with Crippen LogP contribution >= 0.6 is 23.4 Å². The summed E-state index contributed by atoms with van der Waals surface area (Å²) < 4.78 is 15.2. The molecule has 0 aliphatic rings. The number of aromatic amines is 1. The lowest BCUT2D eigenvalue weighted by atomic mass is 10.1. The van der Waals surface area contributed by atoms with Crippen LogP contribution in [-0.4, -0.2) is 43.9 Å². The van der Waals surface area contributed by atoms with Gasteiger partial charge in [-0.1, -0.05) is 23.4 Å². The van der Waals surface area contributed by atoms with E-state index in [2.05, 4.69) is 10.3 Å².